The summed E-state index contributed by atoms with van der Waals surface area (Å²) in [5.41, 5.74) is 0. The van der Waals surface area contributed by atoms with E-state index >= 15 is 0 Å². The van der Waals surface area contributed by atoms with Crippen molar-refractivity contribution in [3.63, 3.8) is 0 Å². The smallest absolute Gasteiger partial charge is 0.0599 e. The Bertz CT molecular complexity index is 141. The van der Waals surface area contributed by atoms with Gasteiger partial charge < -0.3 is 10.4 Å². The van der Waals surface area contributed by atoms with E-state index in [0.29, 0.717) is 12.1 Å². The fraction of sp³-hybridized carbons (Fsp3) is 1.00. The zero-order valence-corrected chi connectivity index (χ0v) is 8.79. The molecule has 1 rings (SSSR count). The molecule has 0 amide bonds. The van der Waals surface area contributed by atoms with Gasteiger partial charge in [0, 0.05) is 18.6 Å². The summed E-state index contributed by atoms with van der Waals surface area (Å²) in [5, 5.41) is 12.6. The van der Waals surface area contributed by atoms with Crippen molar-refractivity contribution >= 4 is 0 Å². The normalized spacial score (nSPS) is 31.6. The predicted molar refractivity (Wildman–Crippen MR) is 54.8 cm³/mol. The van der Waals surface area contributed by atoms with Gasteiger partial charge in [-0.05, 0) is 32.9 Å². The van der Waals surface area contributed by atoms with E-state index in [-0.39, 0.29) is 6.61 Å². The number of aliphatic hydroxyl groups is 1. The minimum atomic E-state index is 0.275. The van der Waals surface area contributed by atoms with Crippen LogP contribution >= 0.6 is 0 Å². The lowest BCUT2D eigenvalue weighted by Crippen LogP contribution is -2.46. The largest absolute Gasteiger partial charge is 0.395 e. The molecule has 1 heterocycles. The lowest BCUT2D eigenvalue weighted by molar-refractivity contribution is 0.0985. The quantitative estimate of drug-likeness (QED) is 0.671. The highest BCUT2D eigenvalue weighted by Crippen LogP contribution is 2.11. The molecule has 78 valence electrons. The Morgan fingerprint density at radius 1 is 1.54 bits per heavy atom. The number of hydrogen-bond acceptors (Lipinski definition) is 3. The molecule has 0 bridgehead atoms. The summed E-state index contributed by atoms with van der Waals surface area (Å²) in [7, 11) is 0. The summed E-state index contributed by atoms with van der Waals surface area (Å²) in [6.45, 7) is 7.84. The number of aliphatic hydroxyl groups excluding tert-OH is 1. The lowest BCUT2D eigenvalue weighted by atomic mass is 10.1. The molecule has 2 unspecified atom stereocenters. The van der Waals surface area contributed by atoms with Gasteiger partial charge in [-0.15, -0.1) is 0 Å². The average Bonchev–Trinajstić information content (AvgIpc) is 2.30. The van der Waals surface area contributed by atoms with Gasteiger partial charge in [-0.2, -0.15) is 0 Å². The van der Waals surface area contributed by atoms with Gasteiger partial charge in [0.05, 0.1) is 6.61 Å². The van der Waals surface area contributed by atoms with Gasteiger partial charge in [0.25, 0.3) is 0 Å². The Morgan fingerprint density at radius 3 is 2.92 bits per heavy atom. The molecule has 1 aliphatic heterocycles. The highest BCUT2D eigenvalue weighted by atomic mass is 16.3. The first-order chi connectivity index (χ1) is 6.29. The number of rotatable bonds is 3. The van der Waals surface area contributed by atoms with Gasteiger partial charge in [-0.25, -0.2) is 0 Å². The summed E-state index contributed by atoms with van der Waals surface area (Å²) in [6.07, 6.45) is 2.36. The number of nitrogens with zero attached hydrogens (tertiary/aromatic N) is 1. The first kappa shape index (κ1) is 11.0. The van der Waals surface area contributed by atoms with Crippen LogP contribution in [0.15, 0.2) is 0 Å². The Kier molecular flexibility index (Phi) is 4.70. The van der Waals surface area contributed by atoms with E-state index < -0.39 is 0 Å². The molecular weight excluding hydrogens is 164 g/mol. The van der Waals surface area contributed by atoms with Gasteiger partial charge in [-0.1, -0.05) is 6.92 Å². The second-order valence-electron chi connectivity index (χ2n) is 3.92. The molecule has 1 aliphatic rings. The van der Waals surface area contributed by atoms with Crippen molar-refractivity contribution in [1.29, 1.82) is 0 Å². The molecule has 0 saturated carbocycles. The Hall–Kier alpha value is -0.120. The predicted octanol–water partition coefficient (Wildman–Crippen LogP) is 0.441. The molecule has 0 aromatic heterocycles. The molecule has 2 atom stereocenters. The molecule has 1 saturated heterocycles. The van der Waals surface area contributed by atoms with Crippen molar-refractivity contribution in [3.05, 3.63) is 0 Å². The molecule has 3 heteroatoms. The molecule has 3 nitrogen and oxygen atoms in total. The molecule has 0 aromatic rings. The highest BCUT2D eigenvalue weighted by molar-refractivity contribution is 4.81. The van der Waals surface area contributed by atoms with Gasteiger partial charge in [0.15, 0.2) is 0 Å². The van der Waals surface area contributed by atoms with Gasteiger partial charge in [-0.3, -0.25) is 4.90 Å². The maximum Gasteiger partial charge on any atom is 0.0599 e. The third-order valence-corrected chi connectivity index (χ3v) is 2.85. The van der Waals surface area contributed by atoms with Crippen LogP contribution in [0.2, 0.25) is 0 Å². The molecule has 0 aromatic carbocycles. The van der Waals surface area contributed by atoms with Crippen LogP contribution in [0.3, 0.4) is 0 Å². The minimum absolute atomic E-state index is 0.275. The highest BCUT2D eigenvalue weighted by Gasteiger charge is 2.24. The van der Waals surface area contributed by atoms with E-state index in [2.05, 4.69) is 24.1 Å². The van der Waals surface area contributed by atoms with Crippen molar-refractivity contribution in [2.45, 2.75) is 38.8 Å². The summed E-state index contributed by atoms with van der Waals surface area (Å²) in [5.74, 6) is 0. The summed E-state index contributed by atoms with van der Waals surface area (Å²) in [6, 6.07) is 0.921. The third kappa shape index (κ3) is 2.93. The van der Waals surface area contributed by atoms with Crippen LogP contribution < -0.4 is 5.32 Å². The summed E-state index contributed by atoms with van der Waals surface area (Å²) < 4.78 is 0. The Morgan fingerprint density at radius 2 is 2.31 bits per heavy atom. The number of hydrogen-bond donors (Lipinski definition) is 2. The fourth-order valence-corrected chi connectivity index (χ4v) is 2.05. The molecular formula is C10H22N2O. The molecule has 0 aliphatic carbocycles. The monoisotopic (exact) mass is 186 g/mol. The molecule has 1 fully saturated rings. The van der Waals surface area contributed by atoms with Crippen LogP contribution in [-0.2, 0) is 0 Å². The molecule has 0 radical (unpaired) electrons. The van der Waals surface area contributed by atoms with Crippen LogP contribution in [0.25, 0.3) is 0 Å². The molecule has 0 spiro atoms. The van der Waals surface area contributed by atoms with Crippen LogP contribution in [-0.4, -0.2) is 48.3 Å². The van der Waals surface area contributed by atoms with E-state index in [4.69, 9.17) is 0 Å². The first-order valence-electron chi connectivity index (χ1n) is 5.37. The lowest BCUT2D eigenvalue weighted by Gasteiger charge is -2.32. The first-order valence-corrected chi connectivity index (χ1v) is 5.37. The van der Waals surface area contributed by atoms with Crippen LogP contribution in [0, 0.1) is 0 Å². The van der Waals surface area contributed by atoms with Crippen LogP contribution in [0.4, 0.5) is 0 Å². The zero-order chi connectivity index (χ0) is 9.68. The van der Waals surface area contributed by atoms with Crippen molar-refractivity contribution in [2.75, 3.05) is 26.2 Å². The van der Waals surface area contributed by atoms with Gasteiger partial charge in [0.2, 0.25) is 0 Å². The van der Waals surface area contributed by atoms with E-state index in [9.17, 15) is 5.11 Å². The van der Waals surface area contributed by atoms with Crippen molar-refractivity contribution in [2.24, 2.45) is 0 Å². The Balaban J connectivity index is 2.55. The van der Waals surface area contributed by atoms with Crippen LogP contribution in [0.5, 0.6) is 0 Å². The average molecular weight is 186 g/mol. The van der Waals surface area contributed by atoms with Crippen molar-refractivity contribution in [1.82, 2.24) is 10.2 Å². The van der Waals surface area contributed by atoms with E-state index in [1.54, 1.807) is 0 Å². The maximum absolute atomic E-state index is 9.25. The molecule has 13 heavy (non-hydrogen) atoms. The summed E-state index contributed by atoms with van der Waals surface area (Å²) >= 11 is 0. The van der Waals surface area contributed by atoms with Gasteiger partial charge in [0.1, 0.15) is 0 Å². The topological polar surface area (TPSA) is 35.5 Å². The van der Waals surface area contributed by atoms with E-state index in [1.165, 1.54) is 12.8 Å². The van der Waals surface area contributed by atoms with Gasteiger partial charge >= 0.3 is 0 Å². The number of nitrogens with one attached hydrogen (secondary N) is 1. The SMILES string of the molecule is CCCN1C(C)CCNCC1CO. The van der Waals surface area contributed by atoms with E-state index in [1.807, 2.05) is 0 Å². The Labute approximate surface area is 81.1 Å². The second-order valence-corrected chi connectivity index (χ2v) is 3.92. The summed E-state index contributed by atoms with van der Waals surface area (Å²) in [4.78, 5) is 2.43. The third-order valence-electron chi connectivity index (χ3n) is 2.85. The maximum atomic E-state index is 9.25. The zero-order valence-electron chi connectivity index (χ0n) is 8.79. The fourth-order valence-electron chi connectivity index (χ4n) is 2.05. The van der Waals surface area contributed by atoms with Crippen molar-refractivity contribution in [3.8, 4) is 0 Å². The van der Waals surface area contributed by atoms with Crippen LogP contribution in [0.1, 0.15) is 26.7 Å². The second kappa shape index (κ2) is 5.58. The van der Waals surface area contributed by atoms with Crippen molar-refractivity contribution < 1.29 is 5.11 Å². The standard InChI is InChI=1S/C10H22N2O/c1-3-6-12-9(2)4-5-11-7-10(12)8-13/h9-11,13H,3-8H2,1-2H3. The van der Waals surface area contributed by atoms with E-state index in [0.717, 1.165) is 19.6 Å². The molecule has 2 N–H and O–H groups in total. The minimum Gasteiger partial charge on any atom is -0.395 e.